The van der Waals surface area contributed by atoms with Gasteiger partial charge in [0.25, 0.3) is 5.56 Å². The van der Waals surface area contributed by atoms with Crippen LogP contribution in [-0.2, 0) is 4.79 Å². The van der Waals surface area contributed by atoms with Gasteiger partial charge in [0.1, 0.15) is 0 Å². The highest BCUT2D eigenvalue weighted by Gasteiger charge is 2.19. The zero-order valence-corrected chi connectivity index (χ0v) is 17.2. The van der Waals surface area contributed by atoms with E-state index in [0.717, 1.165) is 12.0 Å². The number of para-hydroxylation sites is 1. The molecule has 6 heteroatoms. The van der Waals surface area contributed by atoms with E-state index in [1.54, 1.807) is 10.6 Å². The molecule has 0 saturated heterocycles. The molecule has 0 saturated carbocycles. The van der Waals surface area contributed by atoms with Crippen molar-refractivity contribution in [3.05, 3.63) is 70.5 Å². The standard InChI is InChI=1S/C22H25N3O2S/c1-4-15(2)23-20(26)14-28-22-24-19-13-9-8-12-18(19)21(27)25(22)16(3)17-10-6-5-7-11-17/h5-13,15-16H,4,14H2,1-3H3,(H,23,26)/t15-,16-/m0/s1. The third kappa shape index (κ3) is 4.44. The topological polar surface area (TPSA) is 64.0 Å². The van der Waals surface area contributed by atoms with Crippen LogP contribution in [0.15, 0.2) is 64.5 Å². The Morgan fingerprint density at radius 3 is 2.50 bits per heavy atom. The number of amides is 1. The van der Waals surface area contributed by atoms with E-state index in [0.29, 0.717) is 16.1 Å². The lowest BCUT2D eigenvalue weighted by molar-refractivity contribution is -0.119. The number of aromatic nitrogens is 2. The molecule has 0 aliphatic heterocycles. The fraction of sp³-hybridized carbons (Fsp3) is 0.318. The summed E-state index contributed by atoms with van der Waals surface area (Å²) in [7, 11) is 0. The Morgan fingerprint density at radius 2 is 1.79 bits per heavy atom. The van der Waals surface area contributed by atoms with Crippen molar-refractivity contribution in [2.75, 3.05) is 5.75 Å². The van der Waals surface area contributed by atoms with Crippen molar-refractivity contribution < 1.29 is 4.79 Å². The highest BCUT2D eigenvalue weighted by molar-refractivity contribution is 7.99. The summed E-state index contributed by atoms with van der Waals surface area (Å²) in [6.45, 7) is 5.99. The van der Waals surface area contributed by atoms with Crippen LogP contribution >= 0.6 is 11.8 Å². The van der Waals surface area contributed by atoms with Gasteiger partial charge in [0.15, 0.2) is 5.16 Å². The van der Waals surface area contributed by atoms with Crippen LogP contribution in [-0.4, -0.2) is 27.3 Å². The lowest BCUT2D eigenvalue weighted by atomic mass is 10.1. The van der Waals surface area contributed by atoms with Crippen LogP contribution in [0.25, 0.3) is 10.9 Å². The number of nitrogens with one attached hydrogen (secondary N) is 1. The highest BCUT2D eigenvalue weighted by atomic mass is 32.2. The number of carbonyl (C=O) groups excluding carboxylic acids is 1. The van der Waals surface area contributed by atoms with Gasteiger partial charge in [-0.3, -0.25) is 14.2 Å². The van der Waals surface area contributed by atoms with Gasteiger partial charge in [-0.05, 0) is 38.0 Å². The highest BCUT2D eigenvalue weighted by Crippen LogP contribution is 2.24. The Kier molecular flexibility index (Phi) is 6.52. The van der Waals surface area contributed by atoms with E-state index in [4.69, 9.17) is 4.98 Å². The molecular formula is C22H25N3O2S. The smallest absolute Gasteiger partial charge is 0.262 e. The SMILES string of the molecule is CC[C@H](C)NC(=O)CSc1nc2ccccc2c(=O)n1[C@@H](C)c1ccccc1. The maximum Gasteiger partial charge on any atom is 0.262 e. The van der Waals surface area contributed by atoms with Gasteiger partial charge in [0.2, 0.25) is 5.91 Å². The van der Waals surface area contributed by atoms with Crippen molar-refractivity contribution in [2.45, 2.75) is 44.4 Å². The van der Waals surface area contributed by atoms with Crippen LogP contribution in [0.5, 0.6) is 0 Å². The van der Waals surface area contributed by atoms with E-state index in [1.807, 2.05) is 69.3 Å². The lowest BCUT2D eigenvalue weighted by Crippen LogP contribution is -2.33. The number of carbonyl (C=O) groups is 1. The predicted octanol–water partition coefficient (Wildman–Crippen LogP) is 4.01. The molecule has 2 aromatic carbocycles. The summed E-state index contributed by atoms with van der Waals surface area (Å²) < 4.78 is 1.69. The molecular weight excluding hydrogens is 370 g/mol. The number of hydrogen-bond donors (Lipinski definition) is 1. The Morgan fingerprint density at radius 1 is 1.11 bits per heavy atom. The number of fused-ring (bicyclic) bond motifs is 1. The average Bonchev–Trinajstić information content (AvgIpc) is 2.72. The van der Waals surface area contributed by atoms with Gasteiger partial charge in [-0.25, -0.2) is 4.98 Å². The molecule has 0 radical (unpaired) electrons. The van der Waals surface area contributed by atoms with Crippen molar-refractivity contribution in [3.8, 4) is 0 Å². The summed E-state index contributed by atoms with van der Waals surface area (Å²) in [4.78, 5) is 30.2. The third-order valence-corrected chi connectivity index (χ3v) is 5.75. The van der Waals surface area contributed by atoms with E-state index in [1.165, 1.54) is 11.8 Å². The van der Waals surface area contributed by atoms with E-state index in [-0.39, 0.29) is 29.3 Å². The minimum atomic E-state index is -0.189. The summed E-state index contributed by atoms with van der Waals surface area (Å²) in [6, 6.07) is 17.1. The minimum absolute atomic E-state index is 0.0549. The largest absolute Gasteiger partial charge is 0.353 e. The van der Waals surface area contributed by atoms with Crippen LogP contribution in [0, 0.1) is 0 Å². The third-order valence-electron chi connectivity index (χ3n) is 4.80. The van der Waals surface area contributed by atoms with Crippen LogP contribution in [0.1, 0.15) is 38.8 Å². The number of rotatable bonds is 7. The number of thioether (sulfide) groups is 1. The van der Waals surface area contributed by atoms with Gasteiger partial charge >= 0.3 is 0 Å². The maximum absolute atomic E-state index is 13.2. The molecule has 5 nitrogen and oxygen atoms in total. The first-order valence-corrected chi connectivity index (χ1v) is 10.5. The van der Waals surface area contributed by atoms with Crippen LogP contribution in [0.4, 0.5) is 0 Å². The van der Waals surface area contributed by atoms with Gasteiger partial charge < -0.3 is 5.32 Å². The first-order valence-electron chi connectivity index (χ1n) is 9.49. The molecule has 0 aliphatic carbocycles. The van der Waals surface area contributed by atoms with Gasteiger partial charge in [-0.2, -0.15) is 0 Å². The quantitative estimate of drug-likeness (QED) is 0.485. The van der Waals surface area contributed by atoms with E-state index >= 15 is 0 Å². The summed E-state index contributed by atoms with van der Waals surface area (Å²) in [5, 5.41) is 4.09. The second kappa shape index (κ2) is 9.06. The van der Waals surface area contributed by atoms with Crippen molar-refractivity contribution >= 4 is 28.6 Å². The molecule has 1 amide bonds. The molecule has 0 unspecified atom stereocenters. The van der Waals surface area contributed by atoms with Crippen molar-refractivity contribution in [1.82, 2.24) is 14.9 Å². The van der Waals surface area contributed by atoms with E-state index in [9.17, 15) is 9.59 Å². The predicted molar refractivity (Wildman–Crippen MR) is 115 cm³/mol. The van der Waals surface area contributed by atoms with Crippen LogP contribution in [0.3, 0.4) is 0 Å². The normalized spacial score (nSPS) is 13.2. The molecule has 0 fully saturated rings. The zero-order valence-electron chi connectivity index (χ0n) is 16.4. The number of hydrogen-bond acceptors (Lipinski definition) is 4. The molecule has 3 rings (SSSR count). The summed E-state index contributed by atoms with van der Waals surface area (Å²) in [6.07, 6.45) is 0.875. The Labute approximate surface area is 169 Å². The summed E-state index contributed by atoms with van der Waals surface area (Å²) in [5.41, 5.74) is 1.58. The van der Waals surface area contributed by atoms with Gasteiger partial charge in [0, 0.05) is 6.04 Å². The first-order chi connectivity index (χ1) is 13.5. The van der Waals surface area contributed by atoms with E-state index in [2.05, 4.69) is 5.32 Å². The molecule has 146 valence electrons. The fourth-order valence-corrected chi connectivity index (χ4v) is 3.88. The second-order valence-corrected chi connectivity index (χ2v) is 7.78. The summed E-state index contributed by atoms with van der Waals surface area (Å²) in [5.74, 6) is 0.164. The van der Waals surface area contributed by atoms with Crippen molar-refractivity contribution in [3.63, 3.8) is 0 Å². The Hall–Kier alpha value is -2.60. The van der Waals surface area contributed by atoms with E-state index < -0.39 is 0 Å². The zero-order chi connectivity index (χ0) is 20.1. The Bertz CT molecular complexity index is 1020. The molecule has 1 aromatic heterocycles. The fourth-order valence-electron chi connectivity index (χ4n) is 3.00. The monoisotopic (exact) mass is 395 g/mol. The first kappa shape index (κ1) is 20.1. The number of benzene rings is 2. The second-order valence-electron chi connectivity index (χ2n) is 6.84. The maximum atomic E-state index is 13.2. The molecule has 3 aromatic rings. The minimum Gasteiger partial charge on any atom is -0.353 e. The molecule has 2 atom stereocenters. The molecule has 1 heterocycles. The van der Waals surface area contributed by atoms with Crippen LogP contribution < -0.4 is 10.9 Å². The van der Waals surface area contributed by atoms with Gasteiger partial charge in [-0.15, -0.1) is 0 Å². The molecule has 0 aliphatic rings. The number of nitrogens with zero attached hydrogens (tertiary/aromatic N) is 2. The van der Waals surface area contributed by atoms with Crippen molar-refractivity contribution in [2.24, 2.45) is 0 Å². The van der Waals surface area contributed by atoms with Gasteiger partial charge in [0.05, 0.1) is 22.7 Å². The average molecular weight is 396 g/mol. The van der Waals surface area contributed by atoms with Crippen molar-refractivity contribution in [1.29, 1.82) is 0 Å². The molecule has 0 spiro atoms. The summed E-state index contributed by atoms with van der Waals surface area (Å²) >= 11 is 1.30. The van der Waals surface area contributed by atoms with Crippen LogP contribution in [0.2, 0.25) is 0 Å². The molecule has 28 heavy (non-hydrogen) atoms. The lowest BCUT2D eigenvalue weighted by Gasteiger charge is -2.20. The van der Waals surface area contributed by atoms with Gasteiger partial charge in [-0.1, -0.05) is 61.2 Å². The molecule has 0 bridgehead atoms. The molecule has 1 N–H and O–H groups in total. The Balaban J connectivity index is 2.00.